The summed E-state index contributed by atoms with van der Waals surface area (Å²) in [4.78, 5) is 28.7. The topological polar surface area (TPSA) is 93.9 Å². The molecule has 0 aliphatic heterocycles. The van der Waals surface area contributed by atoms with E-state index in [0.29, 0.717) is 29.3 Å². The van der Waals surface area contributed by atoms with Crippen LogP contribution in [0.2, 0.25) is 0 Å². The molecule has 194 valence electrons. The van der Waals surface area contributed by atoms with Crippen molar-refractivity contribution in [3.05, 3.63) is 53.6 Å². The molecule has 2 fully saturated rings. The number of amides is 2. The molecule has 0 aromatic heterocycles. The molecular formula is C29H39N3O4. The first-order valence-electron chi connectivity index (χ1n) is 13.2. The average molecular weight is 494 g/mol. The second-order valence-corrected chi connectivity index (χ2v) is 10.1. The third-order valence-electron chi connectivity index (χ3n) is 7.60. The smallest absolute Gasteiger partial charge is 0.255 e. The minimum atomic E-state index is -0.232. The highest BCUT2D eigenvalue weighted by molar-refractivity contribution is 6.04. The SMILES string of the molecule is COc1ccc(C(=O)Nc2cccc(CN(C(=O)C3CCCCC3)C3CCC(N)CC3)c2)cc1OC. The minimum Gasteiger partial charge on any atom is -0.493 e. The van der Waals surface area contributed by atoms with Gasteiger partial charge in [0, 0.05) is 35.8 Å². The van der Waals surface area contributed by atoms with E-state index in [2.05, 4.69) is 10.2 Å². The van der Waals surface area contributed by atoms with Crippen molar-refractivity contribution >= 4 is 17.5 Å². The highest BCUT2D eigenvalue weighted by Crippen LogP contribution is 2.31. The number of hydrogen-bond acceptors (Lipinski definition) is 5. The van der Waals surface area contributed by atoms with Crippen molar-refractivity contribution < 1.29 is 19.1 Å². The van der Waals surface area contributed by atoms with Gasteiger partial charge in [0.25, 0.3) is 5.91 Å². The molecule has 7 nitrogen and oxygen atoms in total. The van der Waals surface area contributed by atoms with Gasteiger partial charge in [-0.2, -0.15) is 0 Å². The maximum absolute atomic E-state index is 13.6. The fourth-order valence-electron chi connectivity index (χ4n) is 5.51. The molecule has 2 aliphatic carbocycles. The zero-order valence-corrected chi connectivity index (χ0v) is 21.5. The number of nitrogens with two attached hydrogens (primary N) is 1. The molecule has 0 heterocycles. The van der Waals surface area contributed by atoms with Gasteiger partial charge in [0.05, 0.1) is 14.2 Å². The fourth-order valence-corrected chi connectivity index (χ4v) is 5.51. The number of carbonyl (C=O) groups excluding carboxylic acids is 2. The summed E-state index contributed by atoms with van der Waals surface area (Å²) >= 11 is 0. The summed E-state index contributed by atoms with van der Waals surface area (Å²) in [6.45, 7) is 0.551. The van der Waals surface area contributed by atoms with E-state index in [9.17, 15) is 9.59 Å². The van der Waals surface area contributed by atoms with Crippen molar-refractivity contribution in [3.8, 4) is 11.5 Å². The molecule has 2 amide bonds. The first-order valence-corrected chi connectivity index (χ1v) is 13.2. The zero-order chi connectivity index (χ0) is 25.5. The Balaban J connectivity index is 1.49. The third kappa shape index (κ3) is 6.38. The Morgan fingerprint density at radius 1 is 0.917 bits per heavy atom. The van der Waals surface area contributed by atoms with Crippen LogP contribution in [0.3, 0.4) is 0 Å². The molecule has 7 heteroatoms. The highest BCUT2D eigenvalue weighted by Gasteiger charge is 2.32. The van der Waals surface area contributed by atoms with Gasteiger partial charge >= 0.3 is 0 Å². The van der Waals surface area contributed by atoms with Gasteiger partial charge in [-0.05, 0) is 74.4 Å². The summed E-state index contributed by atoms with van der Waals surface area (Å²) in [5.74, 6) is 1.26. The van der Waals surface area contributed by atoms with Gasteiger partial charge in [0.15, 0.2) is 11.5 Å². The average Bonchev–Trinajstić information content (AvgIpc) is 2.92. The molecular weight excluding hydrogens is 454 g/mol. The molecule has 3 N–H and O–H groups in total. The van der Waals surface area contributed by atoms with Gasteiger partial charge in [0.2, 0.25) is 5.91 Å². The van der Waals surface area contributed by atoms with Gasteiger partial charge in [0.1, 0.15) is 0 Å². The van der Waals surface area contributed by atoms with Gasteiger partial charge in [-0.1, -0.05) is 31.4 Å². The maximum atomic E-state index is 13.6. The number of hydrogen-bond donors (Lipinski definition) is 2. The third-order valence-corrected chi connectivity index (χ3v) is 7.60. The molecule has 2 aromatic carbocycles. The molecule has 0 spiro atoms. The Kier molecular flexibility index (Phi) is 8.86. The number of benzene rings is 2. The predicted octanol–water partition coefficient (Wildman–Crippen LogP) is 5.13. The van der Waals surface area contributed by atoms with Crippen LogP contribution in [0.4, 0.5) is 5.69 Å². The van der Waals surface area contributed by atoms with Crippen molar-refractivity contribution in [3.63, 3.8) is 0 Å². The lowest BCUT2D eigenvalue weighted by Crippen LogP contribution is -2.46. The Morgan fingerprint density at radius 2 is 1.64 bits per heavy atom. The normalized spacial score (nSPS) is 20.4. The van der Waals surface area contributed by atoms with E-state index in [1.54, 1.807) is 32.4 Å². The number of nitrogens with one attached hydrogen (secondary N) is 1. The van der Waals surface area contributed by atoms with Crippen LogP contribution < -0.4 is 20.5 Å². The summed E-state index contributed by atoms with van der Waals surface area (Å²) in [6, 6.07) is 13.3. The van der Waals surface area contributed by atoms with Gasteiger partial charge in [-0.25, -0.2) is 0 Å². The van der Waals surface area contributed by atoms with Crippen LogP contribution in [0.25, 0.3) is 0 Å². The molecule has 36 heavy (non-hydrogen) atoms. The Hall–Kier alpha value is -3.06. The zero-order valence-electron chi connectivity index (χ0n) is 21.5. The van der Waals surface area contributed by atoms with Crippen molar-refractivity contribution in [1.82, 2.24) is 4.90 Å². The summed E-state index contributed by atoms with van der Waals surface area (Å²) in [5, 5.41) is 2.98. The molecule has 4 rings (SSSR count). The van der Waals surface area contributed by atoms with Gasteiger partial charge < -0.3 is 25.4 Å². The second-order valence-electron chi connectivity index (χ2n) is 10.1. The van der Waals surface area contributed by atoms with E-state index in [1.165, 1.54) is 6.42 Å². The lowest BCUT2D eigenvalue weighted by molar-refractivity contribution is -0.140. The summed E-state index contributed by atoms with van der Waals surface area (Å²) < 4.78 is 10.6. The number of carbonyl (C=O) groups is 2. The fraction of sp³-hybridized carbons (Fsp3) is 0.517. The molecule has 2 aliphatic rings. The van der Waals surface area contributed by atoms with Crippen LogP contribution in [0.5, 0.6) is 11.5 Å². The second kappa shape index (κ2) is 12.3. The maximum Gasteiger partial charge on any atom is 0.255 e. The van der Waals surface area contributed by atoms with Crippen LogP contribution in [0.15, 0.2) is 42.5 Å². The summed E-state index contributed by atoms with van der Waals surface area (Å²) in [6.07, 6.45) is 9.30. The Bertz CT molecular complexity index is 1040. The van der Waals surface area contributed by atoms with Crippen molar-refractivity contribution in [2.45, 2.75) is 76.4 Å². The van der Waals surface area contributed by atoms with E-state index in [4.69, 9.17) is 15.2 Å². The van der Waals surface area contributed by atoms with Crippen LogP contribution in [-0.4, -0.2) is 43.0 Å². The van der Waals surface area contributed by atoms with E-state index < -0.39 is 0 Å². The largest absolute Gasteiger partial charge is 0.493 e. The van der Waals surface area contributed by atoms with E-state index >= 15 is 0 Å². The summed E-state index contributed by atoms with van der Waals surface area (Å²) in [5.41, 5.74) is 8.35. The lowest BCUT2D eigenvalue weighted by Gasteiger charge is -2.39. The minimum absolute atomic E-state index is 0.127. The highest BCUT2D eigenvalue weighted by atomic mass is 16.5. The van der Waals surface area contributed by atoms with Crippen molar-refractivity contribution in [2.24, 2.45) is 11.7 Å². The molecule has 2 saturated carbocycles. The monoisotopic (exact) mass is 493 g/mol. The van der Waals surface area contributed by atoms with E-state index in [-0.39, 0.29) is 29.8 Å². The number of anilines is 1. The van der Waals surface area contributed by atoms with Gasteiger partial charge in [-0.3, -0.25) is 9.59 Å². The molecule has 0 saturated heterocycles. The number of nitrogens with zero attached hydrogens (tertiary/aromatic N) is 1. The molecule has 0 bridgehead atoms. The van der Waals surface area contributed by atoms with Crippen LogP contribution in [-0.2, 0) is 11.3 Å². The molecule has 2 aromatic rings. The Labute approximate surface area is 214 Å². The number of methoxy groups -OCH3 is 2. The van der Waals surface area contributed by atoms with Crippen LogP contribution in [0, 0.1) is 5.92 Å². The first-order chi connectivity index (χ1) is 17.5. The number of ether oxygens (including phenoxy) is 2. The standard InChI is InChI=1S/C29H39N3O4/c1-35-26-16-11-22(18-27(26)36-2)28(33)31-24-10-6-7-20(17-24)19-32(25-14-12-23(30)13-15-25)29(34)21-8-4-3-5-9-21/h6-7,10-11,16-18,21,23,25H,3-5,8-9,12-15,19,30H2,1-2H3,(H,31,33). The molecule has 0 atom stereocenters. The summed E-state index contributed by atoms with van der Waals surface area (Å²) in [7, 11) is 3.11. The molecule has 0 unspecified atom stereocenters. The van der Waals surface area contributed by atoms with E-state index in [0.717, 1.165) is 56.9 Å². The lowest BCUT2D eigenvalue weighted by atomic mass is 9.85. The van der Waals surface area contributed by atoms with Crippen molar-refractivity contribution in [1.29, 1.82) is 0 Å². The predicted molar refractivity (Wildman–Crippen MR) is 141 cm³/mol. The van der Waals surface area contributed by atoms with Crippen LogP contribution in [0.1, 0.15) is 73.7 Å². The van der Waals surface area contributed by atoms with E-state index in [1.807, 2.05) is 24.3 Å². The van der Waals surface area contributed by atoms with Gasteiger partial charge in [-0.15, -0.1) is 0 Å². The van der Waals surface area contributed by atoms with Crippen LogP contribution >= 0.6 is 0 Å². The Morgan fingerprint density at radius 3 is 2.33 bits per heavy atom. The first kappa shape index (κ1) is 26.0. The molecule has 0 radical (unpaired) electrons. The van der Waals surface area contributed by atoms with Crippen molar-refractivity contribution in [2.75, 3.05) is 19.5 Å². The number of rotatable bonds is 8. The quantitative estimate of drug-likeness (QED) is 0.531.